The maximum absolute atomic E-state index is 8.31. The van der Waals surface area contributed by atoms with Gasteiger partial charge in [0.25, 0.3) is 0 Å². The predicted molar refractivity (Wildman–Crippen MR) is 57.5 cm³/mol. The Kier molecular flexibility index (Phi) is 5.37. The molecular weight excluding hydrogens is 178 g/mol. The van der Waals surface area contributed by atoms with Crippen molar-refractivity contribution in [2.45, 2.75) is 38.5 Å². The molecule has 0 unspecified atom stereocenters. The number of amidine groups is 1. The van der Waals surface area contributed by atoms with E-state index >= 15 is 0 Å². The quantitative estimate of drug-likeness (QED) is 0.198. The lowest BCUT2D eigenvalue weighted by atomic mass is 10.1. The highest BCUT2D eigenvalue weighted by Crippen LogP contribution is 2.23. The predicted octanol–water partition coefficient (Wildman–Crippen LogP) is 1.29. The van der Waals surface area contributed by atoms with Gasteiger partial charge in [-0.05, 0) is 38.3 Å². The van der Waals surface area contributed by atoms with Crippen LogP contribution < -0.4 is 11.1 Å². The zero-order valence-corrected chi connectivity index (χ0v) is 8.71. The molecule has 0 atom stereocenters. The molecule has 0 aliphatic heterocycles. The molecule has 0 aromatic rings. The molecule has 14 heavy (non-hydrogen) atoms. The second kappa shape index (κ2) is 6.65. The third kappa shape index (κ3) is 4.46. The summed E-state index contributed by atoms with van der Waals surface area (Å²) in [6, 6.07) is 0. The van der Waals surface area contributed by atoms with Gasteiger partial charge in [-0.3, -0.25) is 0 Å². The zero-order chi connectivity index (χ0) is 10.2. The lowest BCUT2D eigenvalue weighted by molar-refractivity contribution is 0.316. The molecule has 0 bridgehead atoms. The Morgan fingerprint density at radius 1 is 1.43 bits per heavy atom. The van der Waals surface area contributed by atoms with Gasteiger partial charge < -0.3 is 16.3 Å². The van der Waals surface area contributed by atoms with E-state index in [4.69, 9.17) is 10.9 Å². The molecule has 0 heterocycles. The van der Waals surface area contributed by atoms with E-state index in [9.17, 15) is 0 Å². The highest BCUT2D eigenvalue weighted by Gasteiger charge is 2.13. The minimum Gasteiger partial charge on any atom is -0.409 e. The molecule has 1 fully saturated rings. The monoisotopic (exact) mass is 199 g/mol. The van der Waals surface area contributed by atoms with Gasteiger partial charge in [0.2, 0.25) is 0 Å². The van der Waals surface area contributed by atoms with Crippen LogP contribution >= 0.6 is 0 Å². The smallest absolute Gasteiger partial charge is 0.139 e. The van der Waals surface area contributed by atoms with Gasteiger partial charge in [0.1, 0.15) is 5.84 Å². The van der Waals surface area contributed by atoms with Crippen LogP contribution in [0.4, 0.5) is 0 Å². The lowest BCUT2D eigenvalue weighted by Crippen LogP contribution is -2.23. The molecule has 0 aromatic heterocycles. The molecule has 0 saturated heterocycles. The summed E-state index contributed by atoms with van der Waals surface area (Å²) in [5.74, 6) is 1.21. The van der Waals surface area contributed by atoms with E-state index in [0.717, 1.165) is 25.4 Å². The third-order valence-corrected chi connectivity index (χ3v) is 2.82. The number of nitrogens with one attached hydrogen (secondary N) is 1. The molecule has 0 radical (unpaired) electrons. The van der Waals surface area contributed by atoms with Crippen LogP contribution in [0.15, 0.2) is 5.16 Å². The van der Waals surface area contributed by atoms with E-state index in [1.54, 1.807) is 0 Å². The van der Waals surface area contributed by atoms with Crippen molar-refractivity contribution in [3.8, 4) is 0 Å². The second-order valence-corrected chi connectivity index (χ2v) is 4.05. The van der Waals surface area contributed by atoms with E-state index in [0.29, 0.717) is 12.3 Å². The van der Waals surface area contributed by atoms with Crippen LogP contribution in [0.5, 0.6) is 0 Å². The Bertz CT molecular complexity index is 176. The largest absolute Gasteiger partial charge is 0.409 e. The standard InChI is InChI=1S/C10H21N3O/c11-10(13-14)6-3-7-12-8-9-4-1-2-5-9/h9,12,14H,1-8H2,(H2,11,13). The summed E-state index contributed by atoms with van der Waals surface area (Å²) in [5, 5.41) is 14.7. The Morgan fingerprint density at radius 3 is 2.79 bits per heavy atom. The van der Waals surface area contributed by atoms with Crippen molar-refractivity contribution >= 4 is 5.84 Å². The van der Waals surface area contributed by atoms with Crippen molar-refractivity contribution in [1.82, 2.24) is 5.32 Å². The van der Waals surface area contributed by atoms with Crippen LogP contribution in [0, 0.1) is 5.92 Å². The average Bonchev–Trinajstić information content (AvgIpc) is 2.69. The molecule has 82 valence electrons. The van der Waals surface area contributed by atoms with Crippen molar-refractivity contribution in [3.63, 3.8) is 0 Å². The summed E-state index contributed by atoms with van der Waals surface area (Å²) < 4.78 is 0. The van der Waals surface area contributed by atoms with Crippen molar-refractivity contribution in [2.75, 3.05) is 13.1 Å². The fourth-order valence-corrected chi connectivity index (χ4v) is 1.97. The Balaban J connectivity index is 1.89. The molecule has 0 aromatic carbocycles. The fourth-order valence-electron chi connectivity index (χ4n) is 1.97. The van der Waals surface area contributed by atoms with Gasteiger partial charge in [0.15, 0.2) is 0 Å². The lowest BCUT2D eigenvalue weighted by Gasteiger charge is -2.09. The van der Waals surface area contributed by atoms with Crippen LogP contribution in [0.3, 0.4) is 0 Å². The number of rotatable bonds is 6. The topological polar surface area (TPSA) is 70.6 Å². The summed E-state index contributed by atoms with van der Waals surface area (Å²) in [6.07, 6.45) is 7.18. The number of nitrogens with two attached hydrogens (primary N) is 1. The van der Waals surface area contributed by atoms with E-state index in [1.807, 2.05) is 0 Å². The maximum Gasteiger partial charge on any atom is 0.139 e. The highest BCUT2D eigenvalue weighted by molar-refractivity contribution is 5.79. The van der Waals surface area contributed by atoms with E-state index in [1.165, 1.54) is 25.7 Å². The number of hydrogen-bond donors (Lipinski definition) is 3. The molecular formula is C10H21N3O. The van der Waals surface area contributed by atoms with Crippen molar-refractivity contribution in [2.24, 2.45) is 16.8 Å². The molecule has 1 rings (SSSR count). The van der Waals surface area contributed by atoms with E-state index in [2.05, 4.69) is 10.5 Å². The Hall–Kier alpha value is -0.770. The molecule has 0 spiro atoms. The molecule has 1 saturated carbocycles. The van der Waals surface area contributed by atoms with Crippen molar-refractivity contribution < 1.29 is 5.21 Å². The Labute approximate surface area is 85.6 Å². The third-order valence-electron chi connectivity index (χ3n) is 2.82. The number of oxime groups is 1. The number of hydrogen-bond acceptors (Lipinski definition) is 3. The normalized spacial score (nSPS) is 19.0. The summed E-state index contributed by atoms with van der Waals surface area (Å²) in [6.45, 7) is 2.10. The summed E-state index contributed by atoms with van der Waals surface area (Å²) in [7, 11) is 0. The zero-order valence-electron chi connectivity index (χ0n) is 8.71. The first kappa shape index (κ1) is 11.3. The minimum absolute atomic E-state index is 0.327. The summed E-state index contributed by atoms with van der Waals surface area (Å²) in [5.41, 5.74) is 5.35. The second-order valence-electron chi connectivity index (χ2n) is 4.05. The maximum atomic E-state index is 8.31. The first-order valence-electron chi connectivity index (χ1n) is 5.50. The molecule has 1 aliphatic carbocycles. The van der Waals surface area contributed by atoms with Gasteiger partial charge in [0, 0.05) is 6.42 Å². The molecule has 1 aliphatic rings. The van der Waals surface area contributed by atoms with Gasteiger partial charge in [-0.1, -0.05) is 18.0 Å². The van der Waals surface area contributed by atoms with E-state index < -0.39 is 0 Å². The highest BCUT2D eigenvalue weighted by atomic mass is 16.4. The number of nitrogens with zero attached hydrogens (tertiary/aromatic N) is 1. The summed E-state index contributed by atoms with van der Waals surface area (Å²) >= 11 is 0. The fraction of sp³-hybridized carbons (Fsp3) is 0.900. The first-order valence-corrected chi connectivity index (χ1v) is 5.50. The van der Waals surface area contributed by atoms with Gasteiger partial charge in [-0.15, -0.1) is 0 Å². The van der Waals surface area contributed by atoms with Crippen LogP contribution in [0.2, 0.25) is 0 Å². The van der Waals surface area contributed by atoms with Crippen molar-refractivity contribution in [1.29, 1.82) is 0 Å². The van der Waals surface area contributed by atoms with Gasteiger partial charge in [-0.25, -0.2) is 0 Å². The minimum atomic E-state index is 0.327. The van der Waals surface area contributed by atoms with Crippen molar-refractivity contribution in [3.05, 3.63) is 0 Å². The molecule has 4 heteroatoms. The SMILES string of the molecule is NC(CCCNCC1CCCC1)=NO. The molecule has 0 amide bonds. The van der Waals surface area contributed by atoms with Crippen LogP contribution in [0.25, 0.3) is 0 Å². The summed E-state index contributed by atoms with van der Waals surface area (Å²) in [4.78, 5) is 0. The molecule has 4 N–H and O–H groups in total. The first-order chi connectivity index (χ1) is 6.83. The van der Waals surface area contributed by atoms with Crippen LogP contribution in [-0.2, 0) is 0 Å². The Morgan fingerprint density at radius 2 is 2.14 bits per heavy atom. The van der Waals surface area contributed by atoms with Crippen LogP contribution in [-0.4, -0.2) is 24.1 Å². The van der Waals surface area contributed by atoms with Gasteiger partial charge in [0.05, 0.1) is 0 Å². The van der Waals surface area contributed by atoms with Gasteiger partial charge in [-0.2, -0.15) is 0 Å². The average molecular weight is 199 g/mol. The van der Waals surface area contributed by atoms with Crippen LogP contribution in [0.1, 0.15) is 38.5 Å². The molecule has 4 nitrogen and oxygen atoms in total. The van der Waals surface area contributed by atoms with E-state index in [-0.39, 0.29) is 0 Å². The van der Waals surface area contributed by atoms with Gasteiger partial charge >= 0.3 is 0 Å².